The molecule has 0 aliphatic rings. The van der Waals surface area contributed by atoms with Gasteiger partial charge in [0, 0.05) is 0 Å². The Morgan fingerprint density at radius 1 is 0.591 bits per heavy atom. The molecule has 0 radical (unpaired) electrons. The molecule has 0 atom stereocenters. The van der Waals surface area contributed by atoms with Gasteiger partial charge in [0.15, 0.2) is 0 Å². The molecule has 0 unspecified atom stereocenters. The van der Waals surface area contributed by atoms with Crippen LogP contribution in [-0.2, 0) is 6.42 Å². The maximum absolute atomic E-state index is 2.35. The molecule has 0 saturated heterocycles. The summed E-state index contributed by atoms with van der Waals surface area (Å²) < 4.78 is 0. The number of fused-ring (bicyclic) bond motifs is 3. The summed E-state index contributed by atoms with van der Waals surface area (Å²) in [5, 5.41) is 5.38. The molecular weight excluding hydrogens is 264 g/mol. The van der Waals surface area contributed by atoms with E-state index in [-0.39, 0.29) is 0 Å². The number of hydrogen-bond donors (Lipinski definition) is 0. The zero-order chi connectivity index (χ0) is 14.9. The van der Waals surface area contributed by atoms with Crippen LogP contribution < -0.4 is 0 Å². The van der Waals surface area contributed by atoms with E-state index >= 15 is 0 Å². The van der Waals surface area contributed by atoms with Gasteiger partial charge in [-0.15, -0.1) is 0 Å². The molecular formula is C22H18. The smallest absolute Gasteiger partial charge is 0.00168 e. The Morgan fingerprint density at radius 2 is 1.23 bits per heavy atom. The third-order valence-electron chi connectivity index (χ3n) is 4.50. The van der Waals surface area contributed by atoms with Crippen LogP contribution in [-0.4, -0.2) is 0 Å². The molecule has 0 bridgehead atoms. The molecule has 0 aliphatic heterocycles. The molecule has 0 nitrogen and oxygen atoms in total. The Bertz CT molecular complexity index is 964. The fourth-order valence-electron chi connectivity index (χ4n) is 3.29. The highest BCUT2D eigenvalue weighted by Crippen LogP contribution is 2.30. The molecule has 4 rings (SSSR count). The first-order valence-corrected chi connectivity index (χ1v) is 7.77. The first-order chi connectivity index (χ1) is 10.8. The molecule has 106 valence electrons. The minimum absolute atomic E-state index is 0.984. The fraction of sp³-hybridized carbons (Fsp3) is 0.0909. The van der Waals surface area contributed by atoms with E-state index in [1.807, 2.05) is 0 Å². The third-order valence-corrected chi connectivity index (χ3v) is 4.50. The molecule has 0 N–H and O–H groups in total. The summed E-state index contributed by atoms with van der Waals surface area (Å²) in [6.07, 6.45) is 0.984. The maximum atomic E-state index is 2.35. The predicted molar refractivity (Wildman–Crippen MR) is 95.4 cm³/mol. The predicted octanol–water partition coefficient (Wildman–Crippen LogP) is 5.89. The topological polar surface area (TPSA) is 0 Å². The molecule has 0 spiro atoms. The van der Waals surface area contributed by atoms with Crippen molar-refractivity contribution in [1.29, 1.82) is 0 Å². The molecule has 0 fully saturated rings. The summed E-state index contributed by atoms with van der Waals surface area (Å²) in [4.78, 5) is 0. The second-order valence-corrected chi connectivity index (χ2v) is 5.91. The van der Waals surface area contributed by atoms with Crippen molar-refractivity contribution in [2.75, 3.05) is 0 Å². The van der Waals surface area contributed by atoms with Gasteiger partial charge in [-0.3, -0.25) is 0 Å². The van der Waals surface area contributed by atoms with Gasteiger partial charge in [0.1, 0.15) is 0 Å². The highest BCUT2D eigenvalue weighted by Gasteiger charge is 2.07. The fourth-order valence-corrected chi connectivity index (χ4v) is 3.29. The molecule has 0 heteroatoms. The van der Waals surface area contributed by atoms with E-state index in [0.29, 0.717) is 0 Å². The highest BCUT2D eigenvalue weighted by molar-refractivity contribution is 6.09. The third kappa shape index (κ3) is 2.17. The first kappa shape index (κ1) is 13.1. The number of aryl methyl sites for hydroxylation is 1. The zero-order valence-corrected chi connectivity index (χ0v) is 12.7. The Balaban J connectivity index is 1.98. The van der Waals surface area contributed by atoms with Crippen molar-refractivity contribution in [2.45, 2.75) is 13.3 Å². The van der Waals surface area contributed by atoms with Crippen molar-refractivity contribution in [3.63, 3.8) is 0 Å². The van der Waals surface area contributed by atoms with Crippen molar-refractivity contribution in [3.05, 3.63) is 95.6 Å². The van der Waals surface area contributed by atoms with Gasteiger partial charge >= 0.3 is 0 Å². The molecule has 0 heterocycles. The second-order valence-electron chi connectivity index (χ2n) is 5.91. The van der Waals surface area contributed by atoms with Crippen LogP contribution in [0.25, 0.3) is 21.5 Å². The van der Waals surface area contributed by atoms with Gasteiger partial charge < -0.3 is 0 Å². The second kappa shape index (κ2) is 5.31. The normalized spacial score (nSPS) is 11.1. The number of hydrogen-bond acceptors (Lipinski definition) is 0. The van der Waals surface area contributed by atoms with E-state index in [4.69, 9.17) is 0 Å². The van der Waals surface area contributed by atoms with Crippen LogP contribution in [0.3, 0.4) is 0 Å². The Kier molecular flexibility index (Phi) is 3.16. The SMILES string of the molecule is Cc1ccccc1Cc1cc2ccccc2c2ccccc12. The van der Waals surface area contributed by atoms with E-state index in [1.165, 1.54) is 38.2 Å². The molecule has 0 saturated carbocycles. The van der Waals surface area contributed by atoms with Gasteiger partial charge in [0.05, 0.1) is 0 Å². The van der Waals surface area contributed by atoms with Gasteiger partial charge in [-0.2, -0.15) is 0 Å². The lowest BCUT2D eigenvalue weighted by Crippen LogP contribution is -1.93. The van der Waals surface area contributed by atoms with E-state index in [2.05, 4.69) is 85.8 Å². The first-order valence-electron chi connectivity index (χ1n) is 7.77. The molecule has 0 aliphatic carbocycles. The van der Waals surface area contributed by atoms with Crippen LogP contribution in [0, 0.1) is 6.92 Å². The van der Waals surface area contributed by atoms with E-state index < -0.39 is 0 Å². The summed E-state index contributed by atoms with van der Waals surface area (Å²) >= 11 is 0. The largest absolute Gasteiger partial charge is 0.0620 e. The molecule has 22 heavy (non-hydrogen) atoms. The van der Waals surface area contributed by atoms with E-state index in [0.717, 1.165) is 6.42 Å². The molecule has 0 aromatic heterocycles. The Morgan fingerprint density at radius 3 is 2.05 bits per heavy atom. The zero-order valence-electron chi connectivity index (χ0n) is 12.7. The Hall–Kier alpha value is -2.60. The summed E-state index contributed by atoms with van der Waals surface area (Å²) in [7, 11) is 0. The van der Waals surface area contributed by atoms with E-state index in [9.17, 15) is 0 Å². The molecule has 0 amide bonds. The van der Waals surface area contributed by atoms with Crippen molar-refractivity contribution in [1.82, 2.24) is 0 Å². The lowest BCUT2D eigenvalue weighted by Gasteiger charge is -2.12. The van der Waals surface area contributed by atoms with Crippen molar-refractivity contribution in [3.8, 4) is 0 Å². The summed E-state index contributed by atoms with van der Waals surface area (Å²) in [5.74, 6) is 0. The minimum Gasteiger partial charge on any atom is -0.0620 e. The quantitative estimate of drug-likeness (QED) is 0.402. The van der Waals surface area contributed by atoms with Crippen molar-refractivity contribution in [2.24, 2.45) is 0 Å². The van der Waals surface area contributed by atoms with Gasteiger partial charge in [-0.25, -0.2) is 0 Å². The van der Waals surface area contributed by atoms with E-state index in [1.54, 1.807) is 0 Å². The monoisotopic (exact) mass is 282 g/mol. The van der Waals surface area contributed by atoms with Gasteiger partial charge in [0.2, 0.25) is 0 Å². The highest BCUT2D eigenvalue weighted by atomic mass is 14.1. The number of rotatable bonds is 2. The Labute approximate surface area is 131 Å². The standard InChI is InChI=1S/C22H18/c1-16-8-2-3-9-17(16)14-19-15-18-10-4-5-11-20(18)22-13-7-6-12-21(19)22/h2-13,15H,14H2,1H3. The van der Waals surface area contributed by atoms with Gasteiger partial charge in [0.25, 0.3) is 0 Å². The van der Waals surface area contributed by atoms with Crippen LogP contribution in [0.5, 0.6) is 0 Å². The van der Waals surface area contributed by atoms with Gasteiger partial charge in [-0.1, -0.05) is 78.9 Å². The van der Waals surface area contributed by atoms with Crippen LogP contribution in [0.2, 0.25) is 0 Å². The van der Waals surface area contributed by atoms with Crippen LogP contribution in [0.4, 0.5) is 0 Å². The van der Waals surface area contributed by atoms with Crippen molar-refractivity contribution < 1.29 is 0 Å². The van der Waals surface area contributed by atoms with Crippen LogP contribution in [0.1, 0.15) is 16.7 Å². The lowest BCUT2D eigenvalue weighted by molar-refractivity contribution is 1.18. The van der Waals surface area contributed by atoms with Crippen LogP contribution in [0.15, 0.2) is 78.9 Å². The maximum Gasteiger partial charge on any atom is -0.00168 e. The summed E-state index contributed by atoms with van der Waals surface area (Å²) in [6, 6.07) is 28.4. The summed E-state index contributed by atoms with van der Waals surface area (Å²) in [6.45, 7) is 2.19. The average Bonchev–Trinajstić information content (AvgIpc) is 2.57. The average molecular weight is 282 g/mol. The van der Waals surface area contributed by atoms with Crippen LogP contribution >= 0.6 is 0 Å². The lowest BCUT2D eigenvalue weighted by atomic mass is 9.92. The molecule has 4 aromatic carbocycles. The van der Waals surface area contributed by atoms with Crippen molar-refractivity contribution >= 4 is 21.5 Å². The molecule has 4 aromatic rings. The number of benzene rings is 4. The van der Waals surface area contributed by atoms with Gasteiger partial charge in [-0.05, 0) is 51.6 Å². The summed E-state index contributed by atoms with van der Waals surface area (Å²) in [5.41, 5.74) is 4.17. The minimum atomic E-state index is 0.984.